The molecule has 0 aliphatic carbocycles. The van der Waals surface area contributed by atoms with Crippen LogP contribution in [-0.4, -0.2) is 50.5 Å². The highest BCUT2D eigenvalue weighted by atomic mass is 127. The molecule has 0 bridgehead atoms. The zero-order valence-corrected chi connectivity index (χ0v) is 16.9. The van der Waals surface area contributed by atoms with Gasteiger partial charge in [-0.15, -0.1) is 35.3 Å². The summed E-state index contributed by atoms with van der Waals surface area (Å²) in [5.41, 5.74) is 0. The molecule has 0 radical (unpaired) electrons. The Labute approximate surface area is 161 Å². The maximum Gasteiger partial charge on any atom is 0.411 e. The van der Waals surface area contributed by atoms with E-state index in [1.807, 2.05) is 6.20 Å². The fraction of sp³-hybridized carbons (Fsp3) is 0.714. The summed E-state index contributed by atoms with van der Waals surface area (Å²) in [7, 11) is 1.65. The standard InChI is InChI=1S/C14H23F3N4OS.HI/c1-3-11-9-21-12(23-11)5-7-20-13(18-2)19-6-4-8-22-10-14(15,16)17;/h9H,3-8,10H2,1-2H3,(H2,18,19,20);1H. The Morgan fingerprint density at radius 2 is 2.04 bits per heavy atom. The van der Waals surface area contributed by atoms with Crippen LogP contribution in [0.5, 0.6) is 0 Å². The Hall–Kier alpha value is -0.620. The van der Waals surface area contributed by atoms with Crippen LogP contribution in [0.2, 0.25) is 0 Å². The second-order valence-corrected chi connectivity index (χ2v) is 5.97. The average molecular weight is 480 g/mol. The number of aromatic nitrogens is 1. The van der Waals surface area contributed by atoms with E-state index >= 15 is 0 Å². The van der Waals surface area contributed by atoms with Gasteiger partial charge in [-0.3, -0.25) is 4.99 Å². The number of hydrogen-bond donors (Lipinski definition) is 2. The molecule has 0 spiro atoms. The highest BCUT2D eigenvalue weighted by Crippen LogP contribution is 2.14. The minimum atomic E-state index is -4.27. The predicted molar refractivity (Wildman–Crippen MR) is 101 cm³/mol. The van der Waals surface area contributed by atoms with Gasteiger partial charge in [0.2, 0.25) is 0 Å². The normalized spacial score (nSPS) is 12.0. The van der Waals surface area contributed by atoms with E-state index in [-0.39, 0.29) is 30.6 Å². The molecule has 0 amide bonds. The predicted octanol–water partition coefficient (Wildman–Crippen LogP) is 3.00. The number of ether oxygens (including phenoxy) is 1. The fourth-order valence-electron chi connectivity index (χ4n) is 1.70. The molecule has 140 valence electrons. The molecule has 10 heteroatoms. The number of hydrogen-bond acceptors (Lipinski definition) is 4. The fourth-order valence-corrected chi connectivity index (χ4v) is 2.57. The molecule has 0 aliphatic heterocycles. The first-order valence-electron chi connectivity index (χ1n) is 7.47. The molecule has 5 nitrogen and oxygen atoms in total. The van der Waals surface area contributed by atoms with Crippen LogP contribution in [0.15, 0.2) is 11.2 Å². The van der Waals surface area contributed by atoms with Gasteiger partial charge in [0.1, 0.15) is 6.61 Å². The molecular formula is C14H24F3IN4OS. The van der Waals surface area contributed by atoms with Crippen LogP contribution in [-0.2, 0) is 17.6 Å². The number of rotatable bonds is 9. The van der Waals surface area contributed by atoms with Crippen molar-refractivity contribution in [3.63, 3.8) is 0 Å². The van der Waals surface area contributed by atoms with Gasteiger partial charge in [0.25, 0.3) is 0 Å². The van der Waals surface area contributed by atoms with Crippen LogP contribution < -0.4 is 10.6 Å². The van der Waals surface area contributed by atoms with Crippen LogP contribution >= 0.6 is 35.3 Å². The van der Waals surface area contributed by atoms with Crippen LogP contribution in [0.1, 0.15) is 23.2 Å². The topological polar surface area (TPSA) is 58.5 Å². The monoisotopic (exact) mass is 480 g/mol. The minimum Gasteiger partial charge on any atom is -0.372 e. The molecule has 1 aromatic heterocycles. The van der Waals surface area contributed by atoms with Crippen LogP contribution in [0.25, 0.3) is 0 Å². The van der Waals surface area contributed by atoms with Crippen molar-refractivity contribution >= 4 is 41.3 Å². The first kappa shape index (κ1) is 23.4. The molecule has 1 rings (SSSR count). The number of thiazole rings is 1. The third-order valence-corrected chi connectivity index (χ3v) is 4.03. The lowest BCUT2D eigenvalue weighted by Gasteiger charge is -2.12. The number of nitrogens with zero attached hydrogens (tertiary/aromatic N) is 2. The van der Waals surface area contributed by atoms with Gasteiger partial charge in [0.15, 0.2) is 5.96 Å². The minimum absolute atomic E-state index is 0. The SMILES string of the molecule is CCc1cnc(CCNC(=NC)NCCCOCC(F)(F)F)s1.I. The molecular weight excluding hydrogens is 456 g/mol. The van der Waals surface area contributed by atoms with Crippen molar-refractivity contribution in [3.8, 4) is 0 Å². The Balaban J connectivity index is 0.00000529. The van der Waals surface area contributed by atoms with Gasteiger partial charge in [0, 0.05) is 44.2 Å². The summed E-state index contributed by atoms with van der Waals surface area (Å²) in [5, 5.41) is 7.25. The largest absolute Gasteiger partial charge is 0.411 e. The molecule has 0 saturated carbocycles. The first-order valence-corrected chi connectivity index (χ1v) is 8.29. The summed E-state index contributed by atoms with van der Waals surface area (Å²) in [6.45, 7) is 2.14. The molecule has 0 fully saturated rings. The van der Waals surface area contributed by atoms with Crippen molar-refractivity contribution < 1.29 is 17.9 Å². The van der Waals surface area contributed by atoms with Crippen molar-refractivity contribution in [3.05, 3.63) is 16.1 Å². The van der Waals surface area contributed by atoms with Crippen molar-refractivity contribution in [1.29, 1.82) is 0 Å². The van der Waals surface area contributed by atoms with Crippen LogP contribution in [0, 0.1) is 0 Å². The molecule has 1 heterocycles. The van der Waals surface area contributed by atoms with E-state index in [2.05, 4.69) is 32.3 Å². The highest BCUT2D eigenvalue weighted by molar-refractivity contribution is 14.0. The van der Waals surface area contributed by atoms with E-state index in [1.54, 1.807) is 18.4 Å². The molecule has 0 aromatic carbocycles. The second-order valence-electron chi connectivity index (χ2n) is 4.77. The van der Waals surface area contributed by atoms with Gasteiger partial charge in [0.05, 0.1) is 5.01 Å². The molecule has 0 atom stereocenters. The first-order chi connectivity index (χ1) is 10.9. The lowest BCUT2D eigenvalue weighted by atomic mass is 10.4. The number of alkyl halides is 3. The van der Waals surface area contributed by atoms with Gasteiger partial charge >= 0.3 is 6.18 Å². The van der Waals surface area contributed by atoms with Gasteiger partial charge < -0.3 is 15.4 Å². The lowest BCUT2D eigenvalue weighted by Crippen LogP contribution is -2.39. The van der Waals surface area contributed by atoms with E-state index in [4.69, 9.17) is 0 Å². The molecule has 0 unspecified atom stereocenters. The Kier molecular flexibility index (Phi) is 12.4. The zero-order valence-electron chi connectivity index (χ0n) is 13.8. The third-order valence-electron chi connectivity index (χ3n) is 2.83. The summed E-state index contributed by atoms with van der Waals surface area (Å²) in [5.74, 6) is 0.619. The van der Waals surface area contributed by atoms with Gasteiger partial charge in [-0.1, -0.05) is 6.92 Å². The molecule has 1 aromatic rings. The molecule has 0 saturated heterocycles. The Morgan fingerprint density at radius 1 is 1.33 bits per heavy atom. The number of aliphatic imine (C=N–C) groups is 1. The molecule has 0 aliphatic rings. The average Bonchev–Trinajstić information content (AvgIpc) is 2.95. The maximum absolute atomic E-state index is 11.9. The van der Waals surface area contributed by atoms with Crippen LogP contribution in [0.4, 0.5) is 13.2 Å². The summed E-state index contributed by atoms with van der Waals surface area (Å²) in [6, 6.07) is 0. The second kappa shape index (κ2) is 12.7. The third kappa shape index (κ3) is 11.0. The van der Waals surface area contributed by atoms with E-state index in [9.17, 15) is 13.2 Å². The van der Waals surface area contributed by atoms with Crippen LogP contribution in [0.3, 0.4) is 0 Å². The van der Waals surface area contributed by atoms with E-state index in [1.165, 1.54) is 4.88 Å². The van der Waals surface area contributed by atoms with Gasteiger partial charge in [-0.2, -0.15) is 13.2 Å². The van der Waals surface area contributed by atoms with Gasteiger partial charge in [-0.05, 0) is 12.8 Å². The Bertz CT molecular complexity index is 483. The van der Waals surface area contributed by atoms with Crippen molar-refractivity contribution in [2.75, 3.05) is 33.4 Å². The quantitative estimate of drug-likeness (QED) is 0.247. The number of nitrogens with one attached hydrogen (secondary N) is 2. The van der Waals surface area contributed by atoms with Crippen molar-refractivity contribution in [2.45, 2.75) is 32.4 Å². The number of aryl methyl sites for hydroxylation is 1. The van der Waals surface area contributed by atoms with E-state index in [0.717, 1.165) is 17.8 Å². The summed E-state index contributed by atoms with van der Waals surface area (Å²) < 4.78 is 40.2. The smallest absolute Gasteiger partial charge is 0.372 e. The summed E-state index contributed by atoms with van der Waals surface area (Å²) >= 11 is 1.70. The summed E-state index contributed by atoms with van der Waals surface area (Å²) in [6.07, 6.45) is -0.0968. The van der Waals surface area contributed by atoms with E-state index < -0.39 is 12.8 Å². The molecule has 2 N–H and O–H groups in total. The highest BCUT2D eigenvalue weighted by Gasteiger charge is 2.27. The molecule has 24 heavy (non-hydrogen) atoms. The lowest BCUT2D eigenvalue weighted by molar-refractivity contribution is -0.173. The van der Waals surface area contributed by atoms with Crippen molar-refractivity contribution in [2.24, 2.45) is 4.99 Å². The van der Waals surface area contributed by atoms with E-state index in [0.29, 0.717) is 25.5 Å². The van der Waals surface area contributed by atoms with Gasteiger partial charge in [-0.25, -0.2) is 4.98 Å². The maximum atomic E-state index is 11.9. The number of guanidine groups is 1. The summed E-state index contributed by atoms with van der Waals surface area (Å²) in [4.78, 5) is 9.65. The zero-order chi connectivity index (χ0) is 17.1. The number of halogens is 4. The van der Waals surface area contributed by atoms with Crippen molar-refractivity contribution in [1.82, 2.24) is 15.6 Å². The Morgan fingerprint density at radius 3 is 2.62 bits per heavy atom.